The van der Waals surface area contributed by atoms with Crippen LogP contribution in [0, 0.1) is 19.3 Å². The van der Waals surface area contributed by atoms with Crippen molar-refractivity contribution in [3.8, 4) is 11.4 Å². The van der Waals surface area contributed by atoms with Crippen LogP contribution in [-0.2, 0) is 4.79 Å². The molecule has 2 aromatic heterocycles. The predicted molar refractivity (Wildman–Crippen MR) is 145 cm³/mol. The van der Waals surface area contributed by atoms with Gasteiger partial charge < -0.3 is 15.1 Å². The number of likely N-dealkylation sites (tertiary alicyclic amines) is 2. The Kier molecular flexibility index (Phi) is 7.41. The number of nitrogens with zero attached hydrogens (tertiary/aromatic N) is 5. The van der Waals surface area contributed by atoms with E-state index in [-0.39, 0.29) is 17.4 Å². The van der Waals surface area contributed by atoms with Crippen molar-refractivity contribution >= 4 is 29.4 Å². The van der Waals surface area contributed by atoms with Crippen LogP contribution in [-0.4, -0.2) is 68.6 Å². The van der Waals surface area contributed by atoms with Crippen molar-refractivity contribution in [2.24, 2.45) is 5.41 Å². The van der Waals surface area contributed by atoms with Crippen molar-refractivity contribution in [3.05, 3.63) is 66.0 Å². The maximum absolute atomic E-state index is 13.0. The SMILES string of the molecule is Cc1ccc(NC(=O)N2CCC3(CCN(C(=O)CSc4nccc(-c5ccccn5)n4)C3)CC2)c(C)c1. The number of aromatic nitrogens is 3. The predicted octanol–water partition coefficient (Wildman–Crippen LogP) is 4.79. The number of anilines is 1. The first-order chi connectivity index (χ1) is 17.9. The Labute approximate surface area is 221 Å². The zero-order valence-electron chi connectivity index (χ0n) is 21.3. The molecule has 0 saturated carbocycles. The van der Waals surface area contributed by atoms with Gasteiger partial charge in [-0.1, -0.05) is 35.5 Å². The van der Waals surface area contributed by atoms with E-state index in [4.69, 9.17) is 0 Å². The smallest absolute Gasteiger partial charge is 0.321 e. The summed E-state index contributed by atoms with van der Waals surface area (Å²) in [7, 11) is 0. The van der Waals surface area contributed by atoms with Gasteiger partial charge in [-0.25, -0.2) is 14.8 Å². The summed E-state index contributed by atoms with van der Waals surface area (Å²) in [6.07, 6.45) is 6.26. The molecule has 2 aliphatic rings. The second kappa shape index (κ2) is 10.9. The highest BCUT2D eigenvalue weighted by molar-refractivity contribution is 7.99. The molecule has 3 amide bonds. The fourth-order valence-corrected chi connectivity index (χ4v) is 5.91. The number of benzene rings is 1. The molecule has 2 fully saturated rings. The summed E-state index contributed by atoms with van der Waals surface area (Å²) < 4.78 is 0. The van der Waals surface area contributed by atoms with Crippen LogP contribution in [0.1, 0.15) is 30.4 Å². The maximum atomic E-state index is 13.0. The third-order valence-electron chi connectivity index (χ3n) is 7.41. The van der Waals surface area contributed by atoms with Crippen LogP contribution in [0.2, 0.25) is 0 Å². The molecule has 0 aliphatic carbocycles. The lowest BCUT2D eigenvalue weighted by atomic mass is 9.78. The second-order valence-electron chi connectivity index (χ2n) is 10.0. The Balaban J connectivity index is 1.11. The van der Waals surface area contributed by atoms with Gasteiger partial charge >= 0.3 is 6.03 Å². The van der Waals surface area contributed by atoms with Crippen LogP contribution in [0.5, 0.6) is 0 Å². The highest BCUT2D eigenvalue weighted by Crippen LogP contribution is 2.40. The molecule has 0 unspecified atom stereocenters. The summed E-state index contributed by atoms with van der Waals surface area (Å²) in [4.78, 5) is 42.9. The van der Waals surface area contributed by atoms with E-state index in [1.165, 1.54) is 17.3 Å². The van der Waals surface area contributed by atoms with Gasteiger partial charge in [0.25, 0.3) is 0 Å². The minimum atomic E-state index is -0.0444. The van der Waals surface area contributed by atoms with Crippen molar-refractivity contribution in [1.29, 1.82) is 0 Å². The van der Waals surface area contributed by atoms with E-state index in [9.17, 15) is 9.59 Å². The molecule has 0 radical (unpaired) electrons. The number of urea groups is 1. The first kappa shape index (κ1) is 25.2. The quantitative estimate of drug-likeness (QED) is 0.387. The van der Waals surface area contributed by atoms with Gasteiger partial charge in [0.05, 0.1) is 17.1 Å². The number of hydrogen-bond acceptors (Lipinski definition) is 6. The average Bonchev–Trinajstić information content (AvgIpc) is 3.33. The Morgan fingerprint density at radius 2 is 1.73 bits per heavy atom. The zero-order chi connectivity index (χ0) is 25.8. The van der Waals surface area contributed by atoms with Gasteiger partial charge in [0.1, 0.15) is 0 Å². The van der Waals surface area contributed by atoms with E-state index in [0.29, 0.717) is 24.0 Å². The topological polar surface area (TPSA) is 91.3 Å². The summed E-state index contributed by atoms with van der Waals surface area (Å²) in [5.41, 5.74) is 4.75. The molecule has 2 saturated heterocycles. The van der Waals surface area contributed by atoms with Crippen LogP contribution in [0.4, 0.5) is 10.5 Å². The minimum absolute atomic E-state index is 0.0444. The molecule has 4 heterocycles. The first-order valence-corrected chi connectivity index (χ1v) is 13.7. The molecule has 5 rings (SSSR count). The van der Waals surface area contributed by atoms with E-state index < -0.39 is 0 Å². The minimum Gasteiger partial charge on any atom is -0.341 e. The Bertz CT molecular complexity index is 1280. The number of hydrogen-bond donors (Lipinski definition) is 1. The van der Waals surface area contributed by atoms with E-state index in [2.05, 4.69) is 26.3 Å². The summed E-state index contributed by atoms with van der Waals surface area (Å²) in [5, 5.41) is 3.64. The van der Waals surface area contributed by atoms with Crippen molar-refractivity contribution in [2.75, 3.05) is 37.2 Å². The molecule has 1 N–H and O–H groups in total. The Morgan fingerprint density at radius 1 is 0.946 bits per heavy atom. The van der Waals surface area contributed by atoms with Crippen molar-refractivity contribution in [2.45, 2.75) is 38.3 Å². The number of pyridine rings is 1. The lowest BCUT2D eigenvalue weighted by molar-refractivity contribution is -0.127. The highest BCUT2D eigenvalue weighted by Gasteiger charge is 2.42. The van der Waals surface area contributed by atoms with Crippen LogP contribution < -0.4 is 5.32 Å². The molecule has 0 bridgehead atoms. The number of carbonyl (C=O) groups excluding carboxylic acids is 2. The van der Waals surface area contributed by atoms with Gasteiger partial charge in [-0.05, 0) is 68.4 Å². The summed E-state index contributed by atoms with van der Waals surface area (Å²) in [6.45, 7) is 7.01. The molecule has 1 spiro atoms. The summed E-state index contributed by atoms with van der Waals surface area (Å²) in [5.74, 6) is 0.426. The summed E-state index contributed by atoms with van der Waals surface area (Å²) >= 11 is 1.36. The molecule has 8 nitrogen and oxygen atoms in total. The Hall–Kier alpha value is -3.46. The lowest BCUT2D eigenvalue weighted by Gasteiger charge is -2.39. The zero-order valence-corrected chi connectivity index (χ0v) is 22.1. The van der Waals surface area contributed by atoms with E-state index in [0.717, 1.165) is 55.0 Å². The maximum Gasteiger partial charge on any atom is 0.321 e. The summed E-state index contributed by atoms with van der Waals surface area (Å²) in [6, 6.07) is 13.5. The second-order valence-corrected chi connectivity index (χ2v) is 11.0. The fraction of sp³-hybridized carbons (Fsp3) is 0.393. The standard InChI is InChI=1S/C28H32N6O2S/c1-20-6-7-22(21(2)17-20)32-27(36)33-14-9-28(10-15-33)11-16-34(19-28)25(35)18-37-26-30-13-8-24(31-26)23-5-3-4-12-29-23/h3-8,12-13,17H,9-11,14-16,18-19H2,1-2H3,(H,32,36). The molecule has 1 aromatic carbocycles. The largest absolute Gasteiger partial charge is 0.341 e. The molecule has 192 valence electrons. The third kappa shape index (κ3) is 5.93. The fourth-order valence-electron chi connectivity index (χ4n) is 5.17. The lowest BCUT2D eigenvalue weighted by Crippen LogP contribution is -2.46. The average molecular weight is 517 g/mol. The van der Waals surface area contributed by atoms with Gasteiger partial charge in [0, 0.05) is 44.3 Å². The number of piperidine rings is 1. The van der Waals surface area contributed by atoms with E-state index in [1.807, 2.05) is 60.0 Å². The molecule has 37 heavy (non-hydrogen) atoms. The van der Waals surface area contributed by atoms with Crippen LogP contribution >= 0.6 is 11.8 Å². The molecular weight excluding hydrogens is 484 g/mol. The molecule has 9 heteroatoms. The van der Waals surface area contributed by atoms with Crippen molar-refractivity contribution in [1.82, 2.24) is 24.8 Å². The molecule has 0 atom stereocenters. The van der Waals surface area contributed by atoms with Gasteiger partial charge in [0.2, 0.25) is 5.91 Å². The number of aryl methyl sites for hydroxylation is 2. The van der Waals surface area contributed by atoms with Crippen LogP contribution in [0.3, 0.4) is 0 Å². The number of nitrogens with one attached hydrogen (secondary N) is 1. The van der Waals surface area contributed by atoms with Crippen LogP contribution in [0.25, 0.3) is 11.4 Å². The molecule has 2 aliphatic heterocycles. The molecule has 3 aromatic rings. The van der Waals surface area contributed by atoms with E-state index in [1.54, 1.807) is 12.4 Å². The first-order valence-electron chi connectivity index (χ1n) is 12.7. The third-order valence-corrected chi connectivity index (χ3v) is 8.26. The van der Waals surface area contributed by atoms with Gasteiger partial charge in [-0.3, -0.25) is 9.78 Å². The monoisotopic (exact) mass is 516 g/mol. The number of thioether (sulfide) groups is 1. The highest BCUT2D eigenvalue weighted by atomic mass is 32.2. The Morgan fingerprint density at radius 3 is 2.46 bits per heavy atom. The van der Waals surface area contributed by atoms with Gasteiger partial charge in [0.15, 0.2) is 5.16 Å². The normalized spacial score (nSPS) is 16.7. The van der Waals surface area contributed by atoms with Crippen molar-refractivity contribution in [3.63, 3.8) is 0 Å². The van der Waals surface area contributed by atoms with Crippen molar-refractivity contribution < 1.29 is 9.59 Å². The van der Waals surface area contributed by atoms with Gasteiger partial charge in [-0.2, -0.15) is 0 Å². The van der Waals surface area contributed by atoms with Crippen LogP contribution in [0.15, 0.2) is 60.0 Å². The number of carbonyl (C=O) groups is 2. The van der Waals surface area contributed by atoms with Gasteiger partial charge in [-0.15, -0.1) is 0 Å². The number of amides is 3. The molecular formula is C28H32N6O2S. The number of rotatable bonds is 5. The van der Waals surface area contributed by atoms with E-state index >= 15 is 0 Å².